The van der Waals surface area contributed by atoms with E-state index in [0.29, 0.717) is 25.0 Å². The Morgan fingerprint density at radius 1 is 1.23 bits per heavy atom. The molecule has 0 atom stereocenters. The molecule has 4 nitrogen and oxygen atoms in total. The number of aromatic hydroxyl groups is 1. The van der Waals surface area contributed by atoms with E-state index >= 15 is 0 Å². The van der Waals surface area contributed by atoms with Gasteiger partial charge in [0.25, 0.3) is 5.91 Å². The zero-order chi connectivity index (χ0) is 18.6. The van der Waals surface area contributed by atoms with Gasteiger partial charge in [-0.25, -0.2) is 4.99 Å². The second-order valence-electron chi connectivity index (χ2n) is 6.03. The maximum atomic E-state index is 12.5. The van der Waals surface area contributed by atoms with Crippen molar-refractivity contribution in [2.75, 3.05) is 0 Å². The number of halogens is 1. The Morgan fingerprint density at radius 3 is 2.77 bits per heavy atom. The summed E-state index contributed by atoms with van der Waals surface area (Å²) in [5.41, 5.74) is 3.33. The van der Waals surface area contributed by atoms with Crippen LogP contribution in [0.4, 0.5) is 0 Å². The van der Waals surface area contributed by atoms with Crippen LogP contribution in [0.5, 0.6) is 5.88 Å². The van der Waals surface area contributed by atoms with E-state index in [2.05, 4.69) is 20.9 Å². The standard InChI is InChI=1S/C19H13BrN2O2S2/c1-9-4-3-5-14(10(9)2)22-18(24)16(26-19(22)25)15-12-8-11(20)6-7-13(12)21-17(15)23/h3-8,24H,1-2H3. The fourth-order valence-electron chi connectivity index (χ4n) is 3.03. The predicted octanol–water partition coefficient (Wildman–Crippen LogP) is 3.71. The molecule has 0 fully saturated rings. The summed E-state index contributed by atoms with van der Waals surface area (Å²) in [5.74, 6) is -0.391. The van der Waals surface area contributed by atoms with E-state index in [-0.39, 0.29) is 11.8 Å². The Labute approximate surface area is 166 Å². The first-order valence-electron chi connectivity index (χ1n) is 7.83. The van der Waals surface area contributed by atoms with E-state index in [1.54, 1.807) is 10.6 Å². The predicted molar refractivity (Wildman–Crippen MR) is 108 cm³/mol. The summed E-state index contributed by atoms with van der Waals surface area (Å²) < 4.78 is 2.94. The first-order valence-corrected chi connectivity index (χ1v) is 9.85. The van der Waals surface area contributed by atoms with E-state index < -0.39 is 0 Å². The summed E-state index contributed by atoms with van der Waals surface area (Å²) in [6.45, 7) is 3.99. The molecule has 0 aliphatic carbocycles. The molecular weight excluding hydrogens is 432 g/mol. The Kier molecular flexibility index (Phi) is 4.17. The summed E-state index contributed by atoms with van der Waals surface area (Å²) >= 11 is 10.1. The molecule has 26 heavy (non-hydrogen) atoms. The fourth-order valence-corrected chi connectivity index (χ4v) is 4.75. The minimum absolute atomic E-state index is 0.0277. The maximum Gasteiger partial charge on any atom is 0.279 e. The smallest absolute Gasteiger partial charge is 0.279 e. The lowest BCUT2D eigenvalue weighted by atomic mass is 10.1. The molecule has 0 saturated carbocycles. The lowest BCUT2D eigenvalue weighted by molar-refractivity contribution is -0.112. The monoisotopic (exact) mass is 444 g/mol. The number of carbonyl (C=O) groups is 1. The van der Waals surface area contributed by atoms with Crippen molar-refractivity contribution in [3.8, 4) is 11.6 Å². The molecule has 0 radical (unpaired) electrons. The van der Waals surface area contributed by atoms with Gasteiger partial charge in [-0.2, -0.15) is 0 Å². The van der Waals surface area contributed by atoms with Gasteiger partial charge in [-0.05, 0) is 61.5 Å². The second kappa shape index (κ2) is 6.26. The van der Waals surface area contributed by atoms with Crippen LogP contribution < -0.4 is 10.6 Å². The minimum Gasteiger partial charge on any atom is -0.493 e. The van der Waals surface area contributed by atoms with Gasteiger partial charge in [0, 0.05) is 9.69 Å². The number of benzene rings is 2. The molecule has 3 aromatic rings. The molecule has 0 bridgehead atoms. The van der Waals surface area contributed by atoms with Crippen LogP contribution >= 0.6 is 39.5 Å². The number of carbonyl (C=O) groups excluding carboxylic acids is 1. The lowest BCUT2D eigenvalue weighted by Gasteiger charge is -2.10. The molecule has 2 heterocycles. The van der Waals surface area contributed by atoms with Crippen LogP contribution in [0.3, 0.4) is 0 Å². The lowest BCUT2D eigenvalue weighted by Crippen LogP contribution is -2.22. The van der Waals surface area contributed by atoms with Gasteiger partial charge < -0.3 is 5.11 Å². The van der Waals surface area contributed by atoms with Crippen molar-refractivity contribution >= 4 is 51.0 Å². The van der Waals surface area contributed by atoms with Crippen LogP contribution in [0, 0.1) is 17.8 Å². The van der Waals surface area contributed by atoms with Crippen LogP contribution in [0.1, 0.15) is 16.0 Å². The molecule has 7 heteroatoms. The molecule has 0 unspecified atom stereocenters. The highest BCUT2D eigenvalue weighted by Gasteiger charge is 2.26. The van der Waals surface area contributed by atoms with Crippen LogP contribution in [-0.2, 0) is 4.79 Å². The van der Waals surface area contributed by atoms with Gasteiger partial charge in [0.1, 0.15) is 4.88 Å². The third kappa shape index (κ3) is 2.58. The van der Waals surface area contributed by atoms with Gasteiger partial charge in [-0.15, -0.1) is 11.3 Å². The summed E-state index contributed by atoms with van der Waals surface area (Å²) in [6, 6.07) is 11.3. The number of aromatic nitrogens is 1. The third-order valence-corrected chi connectivity index (χ3v) is 6.37. The quantitative estimate of drug-likeness (QED) is 0.612. The minimum atomic E-state index is -0.363. The van der Waals surface area contributed by atoms with Crippen molar-refractivity contribution in [1.82, 2.24) is 4.57 Å². The summed E-state index contributed by atoms with van der Waals surface area (Å²) in [4.78, 5) is 17.0. The number of nitrogens with zero attached hydrogens (tertiary/aromatic N) is 2. The highest BCUT2D eigenvalue weighted by molar-refractivity contribution is 9.10. The highest BCUT2D eigenvalue weighted by atomic mass is 79.9. The average molecular weight is 445 g/mol. The first kappa shape index (κ1) is 17.3. The zero-order valence-electron chi connectivity index (χ0n) is 13.9. The number of rotatable bonds is 2. The molecule has 4 rings (SSSR count). The number of fused-ring (bicyclic) bond motifs is 1. The van der Waals surface area contributed by atoms with Crippen molar-refractivity contribution in [1.29, 1.82) is 0 Å². The van der Waals surface area contributed by atoms with E-state index in [9.17, 15) is 9.90 Å². The average Bonchev–Trinajstić information content (AvgIpc) is 3.06. The van der Waals surface area contributed by atoms with Crippen LogP contribution in [0.2, 0.25) is 0 Å². The van der Waals surface area contributed by atoms with Crippen LogP contribution in [0.25, 0.3) is 11.3 Å². The summed E-state index contributed by atoms with van der Waals surface area (Å²) in [7, 11) is 0. The van der Waals surface area contributed by atoms with Crippen molar-refractivity contribution in [3.63, 3.8) is 0 Å². The highest BCUT2D eigenvalue weighted by Crippen LogP contribution is 2.36. The van der Waals surface area contributed by atoms with Gasteiger partial charge in [-0.3, -0.25) is 9.36 Å². The SMILES string of the molecule is Cc1cccc(-n2c(O)c(C3=c4cc(Br)ccc4=NC3=O)sc2=S)c1C. The zero-order valence-corrected chi connectivity index (χ0v) is 17.1. The van der Waals surface area contributed by atoms with Crippen LogP contribution in [0.15, 0.2) is 45.9 Å². The van der Waals surface area contributed by atoms with Crippen LogP contribution in [-0.4, -0.2) is 15.6 Å². The van der Waals surface area contributed by atoms with Gasteiger partial charge >= 0.3 is 0 Å². The second-order valence-corrected chi connectivity index (χ2v) is 8.59. The topological polar surface area (TPSA) is 54.6 Å². The largest absolute Gasteiger partial charge is 0.493 e. The molecule has 1 aliphatic rings. The Bertz CT molecular complexity index is 1270. The third-order valence-electron chi connectivity index (χ3n) is 4.49. The van der Waals surface area contributed by atoms with E-state index in [1.165, 1.54) is 11.3 Å². The van der Waals surface area contributed by atoms with Crippen molar-refractivity contribution < 1.29 is 9.90 Å². The number of aryl methyl sites for hydroxylation is 1. The van der Waals surface area contributed by atoms with Crippen molar-refractivity contribution in [2.45, 2.75) is 13.8 Å². The summed E-state index contributed by atoms with van der Waals surface area (Å²) in [5, 5.41) is 12.2. The molecule has 0 spiro atoms. The maximum absolute atomic E-state index is 12.5. The number of amides is 1. The number of hydrogen-bond donors (Lipinski definition) is 1. The Balaban J connectivity index is 2.04. The first-order chi connectivity index (χ1) is 12.4. The number of thiazole rings is 1. The van der Waals surface area contributed by atoms with E-state index in [0.717, 1.165) is 21.3 Å². The van der Waals surface area contributed by atoms with Gasteiger partial charge in [0.15, 0.2) is 3.95 Å². The molecular formula is C19H13BrN2O2S2. The molecule has 1 aromatic heterocycles. The molecule has 1 N–H and O–H groups in total. The van der Waals surface area contributed by atoms with Gasteiger partial charge in [-0.1, -0.05) is 28.1 Å². The Hall–Kier alpha value is -2.09. The normalized spacial score (nSPS) is 13.0. The number of hydrogen-bond acceptors (Lipinski definition) is 4. The van der Waals surface area contributed by atoms with E-state index in [4.69, 9.17) is 12.2 Å². The molecule has 0 saturated heterocycles. The Morgan fingerprint density at radius 2 is 2.00 bits per heavy atom. The van der Waals surface area contributed by atoms with Crippen molar-refractivity contribution in [2.24, 2.45) is 4.99 Å². The molecule has 1 aliphatic heterocycles. The van der Waals surface area contributed by atoms with Gasteiger partial charge in [0.05, 0.1) is 16.6 Å². The summed E-state index contributed by atoms with van der Waals surface area (Å²) in [6.07, 6.45) is 0. The molecule has 1 amide bonds. The molecule has 2 aromatic carbocycles. The molecule has 130 valence electrons. The van der Waals surface area contributed by atoms with Gasteiger partial charge in [0.2, 0.25) is 5.88 Å². The van der Waals surface area contributed by atoms with Crippen molar-refractivity contribution in [3.05, 3.63) is 71.4 Å². The van der Waals surface area contributed by atoms with E-state index in [1.807, 2.05) is 44.2 Å². The fraction of sp³-hybridized carbons (Fsp3) is 0.105.